The van der Waals surface area contributed by atoms with Gasteiger partial charge in [-0.15, -0.1) is 0 Å². The Kier molecular flexibility index (Phi) is 7.27. The normalized spacial score (nSPS) is 14.6. The third-order valence-electron chi connectivity index (χ3n) is 4.60. The lowest BCUT2D eigenvalue weighted by Gasteiger charge is -2.26. The summed E-state index contributed by atoms with van der Waals surface area (Å²) in [6.45, 7) is 6.38. The van der Waals surface area contributed by atoms with Crippen LogP contribution in [0, 0.1) is 0 Å². The van der Waals surface area contributed by atoms with Gasteiger partial charge in [0.2, 0.25) is 16.0 Å². The molecular weight excluding hydrogens is 392 g/mol. The van der Waals surface area contributed by atoms with Crippen LogP contribution in [0.5, 0.6) is 11.5 Å². The minimum Gasteiger partial charge on any atom is -0.494 e. The van der Waals surface area contributed by atoms with Crippen LogP contribution in [0.3, 0.4) is 0 Å². The molecule has 0 aliphatic carbocycles. The molecule has 2 heterocycles. The molecule has 0 saturated carbocycles. The van der Waals surface area contributed by atoms with E-state index in [2.05, 4.69) is 19.6 Å². The van der Waals surface area contributed by atoms with Crippen molar-refractivity contribution in [2.45, 2.75) is 44.6 Å². The standard InChI is InChI=1S/C20H28N4O4S/c1-3-27-17-8-9-18(28-4-2)19(14-17)29(25,26)22-15-16-10-11-21-20(23-16)24-12-6-5-7-13-24/h8-11,14,22H,3-7,12-13,15H2,1-2H3. The van der Waals surface area contributed by atoms with Crippen LogP contribution in [0.1, 0.15) is 38.8 Å². The quantitative estimate of drug-likeness (QED) is 0.667. The largest absolute Gasteiger partial charge is 0.494 e. The predicted molar refractivity (Wildman–Crippen MR) is 111 cm³/mol. The van der Waals surface area contributed by atoms with Crippen LogP contribution in [0.2, 0.25) is 0 Å². The summed E-state index contributed by atoms with van der Waals surface area (Å²) in [5.41, 5.74) is 0.614. The minimum absolute atomic E-state index is 0.0515. The lowest BCUT2D eigenvalue weighted by atomic mass is 10.1. The number of nitrogens with one attached hydrogen (secondary N) is 1. The molecule has 0 spiro atoms. The second-order valence-electron chi connectivity index (χ2n) is 6.69. The van der Waals surface area contributed by atoms with Crippen LogP contribution >= 0.6 is 0 Å². The summed E-state index contributed by atoms with van der Waals surface area (Å²) >= 11 is 0. The van der Waals surface area contributed by atoms with E-state index in [-0.39, 0.29) is 11.4 Å². The number of nitrogens with zero attached hydrogens (tertiary/aromatic N) is 3. The fourth-order valence-electron chi connectivity index (χ4n) is 3.21. The molecule has 0 bridgehead atoms. The number of hydrogen-bond acceptors (Lipinski definition) is 7. The second-order valence-corrected chi connectivity index (χ2v) is 8.43. The Morgan fingerprint density at radius 3 is 2.55 bits per heavy atom. The SMILES string of the molecule is CCOc1ccc(OCC)c(S(=O)(=O)NCc2ccnc(N3CCCCC3)n2)c1. The summed E-state index contributed by atoms with van der Waals surface area (Å²) in [6.07, 6.45) is 5.13. The zero-order chi connectivity index (χ0) is 20.7. The highest BCUT2D eigenvalue weighted by molar-refractivity contribution is 7.89. The van der Waals surface area contributed by atoms with Crippen molar-refractivity contribution >= 4 is 16.0 Å². The molecular formula is C20H28N4O4S. The fraction of sp³-hybridized carbons (Fsp3) is 0.500. The Hall–Kier alpha value is -2.39. The maximum absolute atomic E-state index is 12.9. The van der Waals surface area contributed by atoms with Gasteiger partial charge in [-0.25, -0.2) is 23.1 Å². The smallest absolute Gasteiger partial charge is 0.244 e. The maximum Gasteiger partial charge on any atom is 0.244 e. The van der Waals surface area contributed by atoms with Crippen LogP contribution < -0.4 is 19.1 Å². The summed E-state index contributed by atoms with van der Waals surface area (Å²) in [5, 5.41) is 0. The Labute approximate surface area is 172 Å². The van der Waals surface area contributed by atoms with Crippen LogP contribution in [0.15, 0.2) is 35.4 Å². The van der Waals surface area contributed by atoms with E-state index in [0.717, 1.165) is 25.9 Å². The molecule has 0 amide bonds. The van der Waals surface area contributed by atoms with Gasteiger partial charge in [0.25, 0.3) is 0 Å². The average Bonchev–Trinajstić information content (AvgIpc) is 2.75. The highest BCUT2D eigenvalue weighted by Gasteiger charge is 2.21. The molecule has 3 rings (SSSR count). The van der Waals surface area contributed by atoms with E-state index in [1.807, 2.05) is 13.8 Å². The van der Waals surface area contributed by atoms with Crippen molar-refractivity contribution in [2.75, 3.05) is 31.2 Å². The lowest BCUT2D eigenvalue weighted by molar-refractivity contribution is 0.322. The van der Waals surface area contributed by atoms with Gasteiger partial charge in [-0.05, 0) is 51.3 Å². The van der Waals surface area contributed by atoms with Gasteiger partial charge in [0.05, 0.1) is 25.5 Å². The molecule has 29 heavy (non-hydrogen) atoms. The number of sulfonamides is 1. The van der Waals surface area contributed by atoms with E-state index in [0.29, 0.717) is 36.4 Å². The molecule has 2 aromatic rings. The van der Waals surface area contributed by atoms with Crippen molar-refractivity contribution < 1.29 is 17.9 Å². The maximum atomic E-state index is 12.9. The number of ether oxygens (including phenoxy) is 2. The van der Waals surface area contributed by atoms with Crippen molar-refractivity contribution in [1.82, 2.24) is 14.7 Å². The van der Waals surface area contributed by atoms with E-state index >= 15 is 0 Å². The van der Waals surface area contributed by atoms with Crippen LogP contribution in [-0.2, 0) is 16.6 Å². The van der Waals surface area contributed by atoms with Gasteiger partial charge in [-0.2, -0.15) is 0 Å². The summed E-state index contributed by atoms with van der Waals surface area (Å²) in [6, 6.07) is 6.51. The molecule has 0 radical (unpaired) electrons. The first-order valence-corrected chi connectivity index (χ1v) is 11.5. The lowest BCUT2D eigenvalue weighted by Crippen LogP contribution is -2.31. The van der Waals surface area contributed by atoms with Gasteiger partial charge in [-0.1, -0.05) is 0 Å². The molecule has 1 N–H and O–H groups in total. The van der Waals surface area contributed by atoms with Gasteiger partial charge >= 0.3 is 0 Å². The van der Waals surface area contributed by atoms with Crippen molar-refractivity contribution in [2.24, 2.45) is 0 Å². The first kappa shape index (κ1) is 21.3. The molecule has 1 aliphatic heterocycles. The Bertz CT molecular complexity index is 914. The molecule has 1 aromatic carbocycles. The van der Waals surface area contributed by atoms with Gasteiger partial charge in [0.15, 0.2) is 0 Å². The molecule has 1 aliphatic rings. The molecule has 1 aromatic heterocycles. The molecule has 8 nitrogen and oxygen atoms in total. The summed E-state index contributed by atoms with van der Waals surface area (Å²) in [4.78, 5) is 11.1. The molecule has 0 unspecified atom stereocenters. The third-order valence-corrected chi connectivity index (χ3v) is 6.02. The van der Waals surface area contributed by atoms with Crippen molar-refractivity contribution in [1.29, 1.82) is 0 Å². The van der Waals surface area contributed by atoms with Crippen LogP contribution in [0.25, 0.3) is 0 Å². The zero-order valence-corrected chi connectivity index (χ0v) is 17.7. The first-order valence-electron chi connectivity index (χ1n) is 9.99. The van der Waals surface area contributed by atoms with Crippen molar-refractivity contribution in [3.05, 3.63) is 36.2 Å². The zero-order valence-electron chi connectivity index (χ0n) is 16.9. The Morgan fingerprint density at radius 2 is 1.83 bits per heavy atom. The summed E-state index contributed by atoms with van der Waals surface area (Å²) in [7, 11) is -3.82. The minimum atomic E-state index is -3.82. The van der Waals surface area contributed by atoms with Crippen molar-refractivity contribution in [3.8, 4) is 11.5 Å². The van der Waals surface area contributed by atoms with Gasteiger partial charge < -0.3 is 14.4 Å². The number of hydrogen-bond donors (Lipinski definition) is 1. The fourth-order valence-corrected chi connectivity index (χ4v) is 4.36. The highest BCUT2D eigenvalue weighted by Crippen LogP contribution is 2.28. The first-order chi connectivity index (χ1) is 14.0. The number of rotatable bonds is 9. The van der Waals surface area contributed by atoms with Crippen LogP contribution in [0.4, 0.5) is 5.95 Å². The highest BCUT2D eigenvalue weighted by atomic mass is 32.2. The molecule has 9 heteroatoms. The third kappa shape index (κ3) is 5.57. The number of anilines is 1. The summed E-state index contributed by atoms with van der Waals surface area (Å²) in [5.74, 6) is 1.42. The van der Waals surface area contributed by atoms with E-state index in [1.54, 1.807) is 24.4 Å². The monoisotopic (exact) mass is 420 g/mol. The molecule has 1 saturated heterocycles. The topological polar surface area (TPSA) is 93.6 Å². The number of piperidine rings is 1. The predicted octanol–water partition coefficient (Wildman–Crippen LogP) is 2.74. The van der Waals surface area contributed by atoms with E-state index in [9.17, 15) is 8.42 Å². The van der Waals surface area contributed by atoms with Crippen LogP contribution in [-0.4, -0.2) is 44.7 Å². The van der Waals surface area contributed by atoms with E-state index in [4.69, 9.17) is 9.47 Å². The molecule has 1 fully saturated rings. The molecule has 158 valence electrons. The Balaban J connectivity index is 1.77. The number of aromatic nitrogens is 2. The van der Waals surface area contributed by atoms with Gasteiger partial charge in [-0.3, -0.25) is 0 Å². The Morgan fingerprint density at radius 1 is 1.07 bits per heavy atom. The number of benzene rings is 1. The van der Waals surface area contributed by atoms with Crippen molar-refractivity contribution in [3.63, 3.8) is 0 Å². The summed E-state index contributed by atoms with van der Waals surface area (Å²) < 4.78 is 39.5. The second kappa shape index (κ2) is 9.89. The van der Waals surface area contributed by atoms with E-state index in [1.165, 1.54) is 12.5 Å². The van der Waals surface area contributed by atoms with Gasteiger partial charge in [0, 0.05) is 25.4 Å². The molecule has 0 atom stereocenters. The van der Waals surface area contributed by atoms with E-state index < -0.39 is 10.0 Å². The van der Waals surface area contributed by atoms with Gasteiger partial charge in [0.1, 0.15) is 16.4 Å². The average molecular weight is 421 g/mol.